The van der Waals surface area contributed by atoms with E-state index in [4.69, 9.17) is 14.7 Å². The van der Waals surface area contributed by atoms with E-state index in [-0.39, 0.29) is 12.2 Å². The van der Waals surface area contributed by atoms with Crippen LogP contribution in [0, 0.1) is 6.92 Å². The van der Waals surface area contributed by atoms with E-state index >= 15 is 0 Å². The average molecular weight is 403 g/mol. The Morgan fingerprint density at radius 2 is 1.97 bits per heavy atom. The van der Waals surface area contributed by atoms with Crippen molar-refractivity contribution in [3.8, 4) is 0 Å². The SMILES string of the molecule is Cc1c[nH]c2cccc(CNc3cnc4ccc(N5C[C@@H](C)O[C@@H](C)C5)nc4n3)c12. The first-order valence-electron chi connectivity index (χ1n) is 10.4. The molecule has 1 aliphatic rings. The topological polar surface area (TPSA) is 79.0 Å². The molecule has 7 nitrogen and oxygen atoms in total. The molecule has 1 fully saturated rings. The molecule has 5 rings (SSSR count). The maximum atomic E-state index is 5.84. The summed E-state index contributed by atoms with van der Waals surface area (Å²) in [5.41, 5.74) is 5.07. The zero-order chi connectivity index (χ0) is 20.7. The maximum Gasteiger partial charge on any atom is 0.182 e. The standard InChI is InChI=1S/C23H26N6O/c1-14-9-24-18-6-4-5-17(22(14)18)10-26-20-11-25-19-7-8-21(28-23(19)27-20)29-12-15(2)30-16(3)13-29/h4-9,11,15-16,24H,10,12-13H2,1-3H3,(H,26,27,28)/t15-,16+. The van der Waals surface area contributed by atoms with Gasteiger partial charge in [-0.3, -0.25) is 0 Å². The summed E-state index contributed by atoms with van der Waals surface area (Å²) in [6.45, 7) is 8.64. The fraction of sp³-hybridized carbons (Fsp3) is 0.348. The molecule has 4 heterocycles. The number of aromatic amines is 1. The summed E-state index contributed by atoms with van der Waals surface area (Å²) in [4.78, 5) is 19.6. The number of benzene rings is 1. The number of anilines is 2. The highest BCUT2D eigenvalue weighted by Crippen LogP contribution is 2.24. The number of rotatable bonds is 4. The predicted molar refractivity (Wildman–Crippen MR) is 120 cm³/mol. The number of nitrogens with zero attached hydrogens (tertiary/aromatic N) is 4. The molecule has 154 valence electrons. The summed E-state index contributed by atoms with van der Waals surface area (Å²) < 4.78 is 5.84. The number of hydrogen-bond acceptors (Lipinski definition) is 6. The minimum Gasteiger partial charge on any atom is -0.372 e. The Kier molecular flexibility index (Phi) is 4.75. The Morgan fingerprint density at radius 1 is 1.13 bits per heavy atom. The van der Waals surface area contributed by atoms with Crippen molar-refractivity contribution in [2.24, 2.45) is 0 Å². The number of nitrogens with one attached hydrogen (secondary N) is 2. The highest BCUT2D eigenvalue weighted by Gasteiger charge is 2.23. The number of H-pyrrole nitrogens is 1. The van der Waals surface area contributed by atoms with Crippen LogP contribution in [0.3, 0.4) is 0 Å². The molecular formula is C23H26N6O. The third-order valence-electron chi connectivity index (χ3n) is 5.58. The molecule has 0 aliphatic carbocycles. The lowest BCUT2D eigenvalue weighted by atomic mass is 10.1. The van der Waals surface area contributed by atoms with E-state index in [9.17, 15) is 0 Å². The van der Waals surface area contributed by atoms with Gasteiger partial charge >= 0.3 is 0 Å². The Bertz CT molecular complexity index is 1190. The Labute approximate surface area is 175 Å². The molecule has 1 aromatic carbocycles. The van der Waals surface area contributed by atoms with E-state index in [1.54, 1.807) is 6.20 Å². The van der Waals surface area contributed by atoms with Crippen LogP contribution in [-0.4, -0.2) is 45.2 Å². The normalized spacial score (nSPS) is 19.5. The van der Waals surface area contributed by atoms with Crippen molar-refractivity contribution >= 4 is 33.7 Å². The molecule has 4 aromatic rings. The van der Waals surface area contributed by atoms with Gasteiger partial charge in [0, 0.05) is 36.7 Å². The third kappa shape index (κ3) is 3.57. The summed E-state index contributed by atoms with van der Waals surface area (Å²) in [7, 11) is 0. The van der Waals surface area contributed by atoms with Gasteiger partial charge in [0.05, 0.1) is 18.4 Å². The third-order valence-corrected chi connectivity index (χ3v) is 5.58. The average Bonchev–Trinajstić information content (AvgIpc) is 3.12. The first-order chi connectivity index (χ1) is 14.6. The second-order valence-electron chi connectivity index (χ2n) is 8.09. The summed E-state index contributed by atoms with van der Waals surface area (Å²) in [5.74, 6) is 1.64. The molecule has 1 aliphatic heterocycles. The molecule has 2 atom stereocenters. The molecule has 1 saturated heterocycles. The second-order valence-corrected chi connectivity index (χ2v) is 8.09. The molecular weight excluding hydrogens is 376 g/mol. The Balaban J connectivity index is 1.39. The molecule has 2 N–H and O–H groups in total. The van der Waals surface area contributed by atoms with Gasteiger partial charge in [-0.15, -0.1) is 0 Å². The minimum atomic E-state index is 0.185. The van der Waals surface area contributed by atoms with Gasteiger partial charge in [-0.1, -0.05) is 12.1 Å². The lowest BCUT2D eigenvalue weighted by molar-refractivity contribution is -0.00544. The van der Waals surface area contributed by atoms with Crippen LogP contribution in [0.15, 0.2) is 42.7 Å². The van der Waals surface area contributed by atoms with Crippen molar-refractivity contribution in [2.75, 3.05) is 23.3 Å². The smallest absolute Gasteiger partial charge is 0.182 e. The molecule has 30 heavy (non-hydrogen) atoms. The van der Waals surface area contributed by atoms with Crippen LogP contribution in [0.1, 0.15) is 25.0 Å². The van der Waals surface area contributed by atoms with Crippen molar-refractivity contribution in [3.05, 3.63) is 53.9 Å². The largest absolute Gasteiger partial charge is 0.372 e. The number of ether oxygens (including phenoxy) is 1. The lowest BCUT2D eigenvalue weighted by Crippen LogP contribution is -2.45. The summed E-state index contributed by atoms with van der Waals surface area (Å²) in [6.07, 6.45) is 4.19. The molecule has 0 amide bonds. The van der Waals surface area contributed by atoms with E-state index in [0.717, 1.165) is 35.8 Å². The zero-order valence-corrected chi connectivity index (χ0v) is 17.5. The van der Waals surface area contributed by atoms with Gasteiger partial charge in [-0.25, -0.2) is 15.0 Å². The van der Waals surface area contributed by atoms with Crippen LogP contribution in [0.4, 0.5) is 11.6 Å². The molecule has 0 bridgehead atoms. The van der Waals surface area contributed by atoms with Crippen LogP contribution in [-0.2, 0) is 11.3 Å². The monoisotopic (exact) mass is 402 g/mol. The van der Waals surface area contributed by atoms with Crippen molar-refractivity contribution < 1.29 is 4.74 Å². The highest BCUT2D eigenvalue weighted by molar-refractivity contribution is 5.86. The second kappa shape index (κ2) is 7.57. The molecule has 7 heteroatoms. The minimum absolute atomic E-state index is 0.185. The van der Waals surface area contributed by atoms with Gasteiger partial charge in [0.15, 0.2) is 5.65 Å². The number of fused-ring (bicyclic) bond motifs is 2. The van der Waals surface area contributed by atoms with Crippen molar-refractivity contribution in [3.63, 3.8) is 0 Å². The van der Waals surface area contributed by atoms with E-state index in [0.29, 0.717) is 12.2 Å². The quantitative estimate of drug-likeness (QED) is 0.536. The summed E-state index contributed by atoms with van der Waals surface area (Å²) >= 11 is 0. The number of hydrogen-bond donors (Lipinski definition) is 2. The Morgan fingerprint density at radius 3 is 2.80 bits per heavy atom. The lowest BCUT2D eigenvalue weighted by Gasteiger charge is -2.36. The van der Waals surface area contributed by atoms with E-state index in [1.807, 2.05) is 18.3 Å². The number of aromatic nitrogens is 4. The van der Waals surface area contributed by atoms with Gasteiger partial charge in [0.25, 0.3) is 0 Å². The van der Waals surface area contributed by atoms with Gasteiger partial charge in [0.2, 0.25) is 0 Å². The van der Waals surface area contributed by atoms with Crippen LogP contribution in [0.5, 0.6) is 0 Å². The van der Waals surface area contributed by atoms with Crippen molar-refractivity contribution in [1.29, 1.82) is 0 Å². The van der Waals surface area contributed by atoms with Gasteiger partial charge in [-0.05, 0) is 50.1 Å². The maximum absolute atomic E-state index is 5.84. The van der Waals surface area contributed by atoms with Crippen molar-refractivity contribution in [2.45, 2.75) is 39.5 Å². The van der Waals surface area contributed by atoms with Gasteiger partial charge in [0.1, 0.15) is 17.2 Å². The van der Waals surface area contributed by atoms with Gasteiger partial charge in [-0.2, -0.15) is 0 Å². The molecule has 3 aromatic heterocycles. The molecule has 0 saturated carbocycles. The fourth-order valence-corrected chi connectivity index (χ4v) is 4.29. The van der Waals surface area contributed by atoms with Crippen LogP contribution < -0.4 is 10.2 Å². The van der Waals surface area contributed by atoms with Crippen LogP contribution in [0.25, 0.3) is 22.1 Å². The van der Waals surface area contributed by atoms with E-state index in [1.165, 1.54) is 16.5 Å². The van der Waals surface area contributed by atoms with E-state index in [2.05, 4.69) is 59.2 Å². The Hall–Kier alpha value is -3.19. The summed E-state index contributed by atoms with van der Waals surface area (Å²) in [5, 5.41) is 4.67. The predicted octanol–water partition coefficient (Wildman–Crippen LogP) is 4.04. The van der Waals surface area contributed by atoms with Gasteiger partial charge < -0.3 is 19.9 Å². The number of aryl methyl sites for hydroxylation is 1. The first kappa shape index (κ1) is 18.8. The van der Waals surface area contributed by atoms with Crippen molar-refractivity contribution in [1.82, 2.24) is 19.9 Å². The molecule has 0 radical (unpaired) electrons. The zero-order valence-electron chi connectivity index (χ0n) is 17.5. The summed E-state index contributed by atoms with van der Waals surface area (Å²) in [6, 6.07) is 10.3. The number of morpholine rings is 1. The first-order valence-corrected chi connectivity index (χ1v) is 10.4. The fourth-order valence-electron chi connectivity index (χ4n) is 4.29. The number of pyridine rings is 1. The van der Waals surface area contributed by atoms with Crippen LogP contribution in [0.2, 0.25) is 0 Å². The van der Waals surface area contributed by atoms with E-state index < -0.39 is 0 Å². The molecule has 0 spiro atoms. The highest BCUT2D eigenvalue weighted by atomic mass is 16.5. The molecule has 0 unspecified atom stereocenters. The van der Waals surface area contributed by atoms with Crippen LogP contribution >= 0.6 is 0 Å².